The highest BCUT2D eigenvalue weighted by molar-refractivity contribution is 5.89. The Morgan fingerprint density at radius 2 is 2.21 bits per heavy atom. The molecule has 2 rings (SSSR count). The fourth-order valence-electron chi connectivity index (χ4n) is 2.63. The lowest BCUT2D eigenvalue weighted by atomic mass is 9.91. The van der Waals surface area contributed by atoms with E-state index in [0.717, 1.165) is 30.5 Å². The van der Waals surface area contributed by atoms with Crippen LogP contribution in [0.25, 0.3) is 0 Å². The minimum atomic E-state index is -0.362. The molecule has 0 saturated carbocycles. The van der Waals surface area contributed by atoms with Gasteiger partial charge in [0, 0.05) is 17.3 Å². The zero-order chi connectivity index (χ0) is 14.2. The summed E-state index contributed by atoms with van der Waals surface area (Å²) < 4.78 is 7.04. The summed E-state index contributed by atoms with van der Waals surface area (Å²) in [6.45, 7) is 8.39. The minimum absolute atomic E-state index is 0.112. The third-order valence-corrected chi connectivity index (χ3v) is 3.43. The number of nitrogens with zero attached hydrogens (tertiary/aromatic N) is 2. The molecule has 106 valence electrons. The Bertz CT molecular complexity index is 486. The Kier molecular flexibility index (Phi) is 3.67. The van der Waals surface area contributed by atoms with Crippen molar-refractivity contribution >= 4 is 5.97 Å². The van der Waals surface area contributed by atoms with E-state index in [-0.39, 0.29) is 17.6 Å². The molecule has 1 heterocycles. The van der Waals surface area contributed by atoms with Crippen LogP contribution in [0.4, 0.5) is 0 Å². The molecule has 0 aliphatic heterocycles. The number of aromatic nitrogens is 2. The topological polar surface area (TPSA) is 70.1 Å². The van der Waals surface area contributed by atoms with Gasteiger partial charge in [-0.05, 0) is 47.0 Å². The lowest BCUT2D eigenvalue weighted by Crippen LogP contribution is -2.27. The van der Waals surface area contributed by atoms with E-state index in [2.05, 4.69) is 25.9 Å². The molecule has 0 spiro atoms. The third-order valence-electron chi connectivity index (χ3n) is 3.43. The molecular weight excluding hydrogens is 242 g/mol. The maximum absolute atomic E-state index is 12.0. The first-order valence-electron chi connectivity index (χ1n) is 6.91. The van der Waals surface area contributed by atoms with Crippen molar-refractivity contribution in [1.82, 2.24) is 9.78 Å². The number of carbonyl (C=O) groups excluding carboxylic acids is 1. The first kappa shape index (κ1) is 14.1. The Morgan fingerprint density at radius 1 is 1.53 bits per heavy atom. The molecule has 0 radical (unpaired) electrons. The average molecular weight is 265 g/mol. The molecule has 2 N–H and O–H groups in total. The molecule has 5 heteroatoms. The lowest BCUT2D eigenvalue weighted by molar-refractivity contribution is 0.0515. The van der Waals surface area contributed by atoms with Crippen molar-refractivity contribution in [2.24, 2.45) is 5.73 Å². The van der Waals surface area contributed by atoms with Gasteiger partial charge in [-0.2, -0.15) is 5.10 Å². The molecule has 0 aromatic carbocycles. The Balaban J connectivity index is 2.55. The van der Waals surface area contributed by atoms with Crippen LogP contribution in [0.5, 0.6) is 0 Å². The average Bonchev–Trinajstić information content (AvgIpc) is 2.70. The van der Waals surface area contributed by atoms with Crippen molar-refractivity contribution in [1.29, 1.82) is 0 Å². The predicted octanol–water partition coefficient (Wildman–Crippen LogP) is 2.15. The minimum Gasteiger partial charge on any atom is -0.461 e. The molecule has 0 bridgehead atoms. The van der Waals surface area contributed by atoms with Crippen LogP contribution in [0.15, 0.2) is 0 Å². The molecule has 19 heavy (non-hydrogen) atoms. The fourth-order valence-corrected chi connectivity index (χ4v) is 2.63. The van der Waals surface area contributed by atoms with Gasteiger partial charge in [-0.1, -0.05) is 0 Å². The van der Waals surface area contributed by atoms with Crippen molar-refractivity contribution in [2.75, 3.05) is 6.61 Å². The summed E-state index contributed by atoms with van der Waals surface area (Å²) >= 11 is 0. The number of rotatable bonds is 2. The maximum Gasteiger partial charge on any atom is 0.359 e. The molecule has 0 fully saturated rings. The number of ether oxygens (including phenoxy) is 1. The van der Waals surface area contributed by atoms with E-state index in [0.29, 0.717) is 12.3 Å². The van der Waals surface area contributed by atoms with Crippen LogP contribution >= 0.6 is 0 Å². The summed E-state index contributed by atoms with van der Waals surface area (Å²) in [4.78, 5) is 12.0. The Labute approximate surface area is 114 Å². The van der Waals surface area contributed by atoms with Gasteiger partial charge < -0.3 is 10.5 Å². The van der Waals surface area contributed by atoms with E-state index in [1.54, 1.807) is 6.92 Å². The highest BCUT2D eigenvalue weighted by atomic mass is 16.5. The summed E-state index contributed by atoms with van der Waals surface area (Å²) in [5.74, 6) is -0.362. The van der Waals surface area contributed by atoms with Gasteiger partial charge in [0.1, 0.15) is 0 Å². The van der Waals surface area contributed by atoms with Gasteiger partial charge in [0.15, 0.2) is 5.69 Å². The number of hydrogen-bond acceptors (Lipinski definition) is 4. The van der Waals surface area contributed by atoms with E-state index in [9.17, 15) is 4.79 Å². The van der Waals surface area contributed by atoms with Crippen LogP contribution in [-0.2, 0) is 16.7 Å². The van der Waals surface area contributed by atoms with Crippen molar-refractivity contribution in [3.8, 4) is 0 Å². The predicted molar refractivity (Wildman–Crippen MR) is 73.0 cm³/mol. The van der Waals surface area contributed by atoms with Crippen molar-refractivity contribution in [3.05, 3.63) is 17.0 Å². The van der Waals surface area contributed by atoms with Gasteiger partial charge in [-0.3, -0.25) is 4.68 Å². The van der Waals surface area contributed by atoms with Crippen LogP contribution in [0.2, 0.25) is 0 Å². The van der Waals surface area contributed by atoms with Crippen LogP contribution < -0.4 is 5.73 Å². The number of esters is 1. The molecule has 5 nitrogen and oxygen atoms in total. The van der Waals surface area contributed by atoms with Crippen molar-refractivity contribution < 1.29 is 9.53 Å². The summed E-state index contributed by atoms with van der Waals surface area (Å²) in [6, 6.07) is -0.112. The maximum atomic E-state index is 12.0. The molecule has 1 atom stereocenters. The molecule has 0 amide bonds. The van der Waals surface area contributed by atoms with Gasteiger partial charge in [0.25, 0.3) is 0 Å². The number of carbonyl (C=O) groups is 1. The van der Waals surface area contributed by atoms with Crippen LogP contribution in [0, 0.1) is 0 Å². The quantitative estimate of drug-likeness (QED) is 0.832. The van der Waals surface area contributed by atoms with Gasteiger partial charge in [-0.15, -0.1) is 0 Å². The number of nitrogens with two attached hydrogens (primary N) is 1. The Morgan fingerprint density at radius 3 is 2.79 bits per heavy atom. The summed E-state index contributed by atoms with van der Waals surface area (Å²) in [5.41, 5.74) is 8.40. The second-order valence-electron chi connectivity index (χ2n) is 6.01. The van der Waals surface area contributed by atoms with Crippen molar-refractivity contribution in [3.63, 3.8) is 0 Å². The van der Waals surface area contributed by atoms with Gasteiger partial charge in [0.2, 0.25) is 0 Å². The molecule has 1 aliphatic carbocycles. The zero-order valence-electron chi connectivity index (χ0n) is 12.2. The van der Waals surface area contributed by atoms with E-state index < -0.39 is 0 Å². The lowest BCUT2D eigenvalue weighted by Gasteiger charge is -2.26. The summed E-state index contributed by atoms with van der Waals surface area (Å²) in [5, 5.41) is 4.49. The van der Waals surface area contributed by atoms with E-state index >= 15 is 0 Å². The normalized spacial score (nSPS) is 19.1. The molecule has 1 aromatic rings. The largest absolute Gasteiger partial charge is 0.461 e. The fraction of sp³-hybridized carbons (Fsp3) is 0.714. The molecule has 0 saturated heterocycles. The Hall–Kier alpha value is -1.36. The SMILES string of the molecule is CCOC(=O)c1nn(C(C)(C)C)c2c1C(N)CCC2. The molecule has 1 aromatic heterocycles. The highest BCUT2D eigenvalue weighted by Gasteiger charge is 2.33. The summed E-state index contributed by atoms with van der Waals surface area (Å²) in [6.07, 6.45) is 2.86. The zero-order valence-corrected chi connectivity index (χ0v) is 12.2. The van der Waals surface area contributed by atoms with E-state index in [1.807, 2.05) is 4.68 Å². The number of hydrogen-bond donors (Lipinski definition) is 1. The molecular formula is C14H23N3O2. The first-order valence-corrected chi connectivity index (χ1v) is 6.91. The second-order valence-corrected chi connectivity index (χ2v) is 6.01. The smallest absolute Gasteiger partial charge is 0.359 e. The standard InChI is InChI=1S/C14H23N3O2/c1-5-19-13(18)12-11-9(15)7-6-8-10(11)17(16-12)14(2,3)4/h9H,5-8,15H2,1-4H3. The monoisotopic (exact) mass is 265 g/mol. The second kappa shape index (κ2) is 4.96. The van der Waals surface area contributed by atoms with Crippen LogP contribution in [0.1, 0.15) is 68.3 Å². The van der Waals surface area contributed by atoms with E-state index in [4.69, 9.17) is 10.5 Å². The first-order chi connectivity index (χ1) is 8.86. The van der Waals surface area contributed by atoms with Gasteiger partial charge in [0.05, 0.1) is 12.1 Å². The molecule has 1 aliphatic rings. The van der Waals surface area contributed by atoms with Gasteiger partial charge >= 0.3 is 5.97 Å². The van der Waals surface area contributed by atoms with E-state index in [1.165, 1.54) is 0 Å². The van der Waals surface area contributed by atoms with Gasteiger partial charge in [-0.25, -0.2) is 4.79 Å². The number of fused-ring (bicyclic) bond motifs is 1. The van der Waals surface area contributed by atoms with Crippen molar-refractivity contribution in [2.45, 2.75) is 58.5 Å². The van der Waals surface area contributed by atoms with Crippen LogP contribution in [0.3, 0.4) is 0 Å². The third kappa shape index (κ3) is 2.52. The highest BCUT2D eigenvalue weighted by Crippen LogP contribution is 2.33. The van der Waals surface area contributed by atoms with Crippen LogP contribution in [-0.4, -0.2) is 22.4 Å². The summed E-state index contributed by atoms with van der Waals surface area (Å²) in [7, 11) is 0. The molecule has 1 unspecified atom stereocenters.